The van der Waals surface area contributed by atoms with E-state index >= 15 is 0 Å². The molecule has 0 saturated heterocycles. The summed E-state index contributed by atoms with van der Waals surface area (Å²) in [5.41, 5.74) is 7.53. The van der Waals surface area contributed by atoms with Crippen LogP contribution in [0.15, 0.2) is 29.3 Å². The Morgan fingerprint density at radius 3 is 2.59 bits per heavy atom. The maximum atomic E-state index is 8.88. The molecule has 0 radical (unpaired) electrons. The number of hydrogen-bond acceptors (Lipinski definition) is 5. The van der Waals surface area contributed by atoms with Gasteiger partial charge in [-0.15, -0.1) is 0 Å². The molecule has 4 nitrogen and oxygen atoms in total. The lowest BCUT2D eigenvalue weighted by atomic mass is 10.3. The Bertz CT molecular complexity index is 518. The minimum absolute atomic E-state index is 0.176. The summed E-state index contributed by atoms with van der Waals surface area (Å²) in [7, 11) is 0. The minimum atomic E-state index is 0.176. The van der Waals surface area contributed by atoms with Crippen LogP contribution in [0.3, 0.4) is 0 Å². The topological polar surface area (TPSA) is 72.0 Å². The molecule has 2 rings (SSSR count). The maximum absolute atomic E-state index is 8.88. The summed E-state index contributed by atoms with van der Waals surface area (Å²) < 4.78 is 0. The van der Waals surface area contributed by atoms with Crippen molar-refractivity contribution >= 4 is 28.6 Å². The first kappa shape index (κ1) is 12.1. The van der Waals surface area contributed by atoms with Gasteiger partial charge in [-0.25, -0.2) is 9.97 Å². The van der Waals surface area contributed by atoms with Crippen LogP contribution >= 0.6 is 11.8 Å². The van der Waals surface area contributed by atoms with Crippen molar-refractivity contribution < 1.29 is 5.11 Å². The monoisotopic (exact) mass is 249 g/mol. The second-order valence-electron chi connectivity index (χ2n) is 3.84. The van der Waals surface area contributed by atoms with Crippen molar-refractivity contribution in [2.24, 2.45) is 0 Å². The molecular weight excluding hydrogens is 234 g/mol. The lowest BCUT2D eigenvalue weighted by Crippen LogP contribution is -2.03. The van der Waals surface area contributed by atoms with E-state index in [-0.39, 0.29) is 11.9 Å². The third-order valence-corrected chi connectivity index (χ3v) is 3.57. The van der Waals surface area contributed by atoms with Gasteiger partial charge >= 0.3 is 0 Å². The molecule has 90 valence electrons. The predicted octanol–water partition coefficient (Wildman–Crippen LogP) is 2.08. The van der Waals surface area contributed by atoms with Crippen LogP contribution in [0.1, 0.15) is 13.3 Å². The summed E-state index contributed by atoms with van der Waals surface area (Å²) in [6.45, 7) is 2.21. The van der Waals surface area contributed by atoms with Gasteiger partial charge in [0.2, 0.25) is 0 Å². The molecule has 0 aliphatic heterocycles. The number of fused-ring (bicyclic) bond motifs is 1. The second-order valence-corrected chi connectivity index (χ2v) is 5.27. The van der Waals surface area contributed by atoms with Gasteiger partial charge in [0.05, 0.1) is 11.0 Å². The Balaban J connectivity index is 2.31. The van der Waals surface area contributed by atoms with Gasteiger partial charge in [0, 0.05) is 11.9 Å². The highest BCUT2D eigenvalue weighted by molar-refractivity contribution is 8.00. The summed E-state index contributed by atoms with van der Waals surface area (Å²) in [4.78, 5) is 8.81. The molecule has 2 aromatic rings. The fourth-order valence-electron chi connectivity index (χ4n) is 1.52. The van der Waals surface area contributed by atoms with Crippen molar-refractivity contribution in [3.8, 4) is 0 Å². The number of anilines is 1. The van der Waals surface area contributed by atoms with Crippen molar-refractivity contribution in [1.29, 1.82) is 0 Å². The largest absolute Gasteiger partial charge is 0.396 e. The quantitative estimate of drug-likeness (QED) is 0.812. The van der Waals surface area contributed by atoms with Crippen molar-refractivity contribution in [3.63, 3.8) is 0 Å². The van der Waals surface area contributed by atoms with Crippen LogP contribution < -0.4 is 5.73 Å². The van der Waals surface area contributed by atoms with E-state index in [0.29, 0.717) is 5.82 Å². The first-order chi connectivity index (χ1) is 8.20. The highest BCUT2D eigenvalue weighted by Crippen LogP contribution is 2.28. The van der Waals surface area contributed by atoms with Crippen LogP contribution in [-0.4, -0.2) is 26.9 Å². The lowest BCUT2D eigenvalue weighted by Gasteiger charge is -2.10. The van der Waals surface area contributed by atoms with Gasteiger partial charge < -0.3 is 10.8 Å². The van der Waals surface area contributed by atoms with Gasteiger partial charge in [-0.1, -0.05) is 30.8 Å². The Hall–Kier alpha value is -1.33. The number of para-hydroxylation sites is 2. The Labute approximate surface area is 104 Å². The number of benzene rings is 1. The van der Waals surface area contributed by atoms with Crippen molar-refractivity contribution in [3.05, 3.63) is 24.3 Å². The van der Waals surface area contributed by atoms with E-state index < -0.39 is 0 Å². The number of aromatic nitrogens is 2. The Kier molecular flexibility index (Phi) is 3.81. The molecule has 17 heavy (non-hydrogen) atoms. The predicted molar refractivity (Wildman–Crippen MR) is 71.0 cm³/mol. The van der Waals surface area contributed by atoms with Crippen molar-refractivity contribution in [2.75, 3.05) is 12.3 Å². The highest BCUT2D eigenvalue weighted by Gasteiger charge is 2.10. The molecule has 0 spiro atoms. The average molecular weight is 249 g/mol. The summed E-state index contributed by atoms with van der Waals surface area (Å²) in [6, 6.07) is 7.66. The zero-order valence-electron chi connectivity index (χ0n) is 9.63. The van der Waals surface area contributed by atoms with Crippen LogP contribution in [0.25, 0.3) is 11.0 Å². The van der Waals surface area contributed by atoms with E-state index in [9.17, 15) is 0 Å². The average Bonchev–Trinajstić information content (AvgIpc) is 2.30. The van der Waals surface area contributed by atoms with Gasteiger partial charge in [-0.05, 0) is 18.6 Å². The van der Waals surface area contributed by atoms with Gasteiger partial charge in [-0.2, -0.15) is 0 Å². The highest BCUT2D eigenvalue weighted by atomic mass is 32.2. The number of hydrogen-bond donors (Lipinski definition) is 2. The second kappa shape index (κ2) is 5.33. The van der Waals surface area contributed by atoms with Crippen LogP contribution in [0.2, 0.25) is 0 Å². The van der Waals surface area contributed by atoms with Gasteiger partial charge in [0.1, 0.15) is 5.03 Å². The maximum Gasteiger partial charge on any atom is 0.156 e. The SMILES string of the molecule is CC(CCO)Sc1nc2ccccc2nc1N. The van der Waals surface area contributed by atoms with Crippen molar-refractivity contribution in [1.82, 2.24) is 9.97 Å². The molecule has 1 aromatic carbocycles. The van der Waals surface area contributed by atoms with Crippen molar-refractivity contribution in [2.45, 2.75) is 23.6 Å². The normalized spacial score (nSPS) is 12.8. The molecule has 3 N–H and O–H groups in total. The van der Waals surface area contributed by atoms with Crippen LogP contribution in [0.4, 0.5) is 5.82 Å². The summed E-state index contributed by atoms with van der Waals surface area (Å²) in [5.74, 6) is 0.457. The number of nitrogen functional groups attached to an aromatic ring is 1. The standard InChI is InChI=1S/C12H15N3OS/c1-8(6-7-16)17-12-11(13)14-9-4-2-3-5-10(9)15-12/h2-5,8,16H,6-7H2,1H3,(H2,13,14). The van der Waals surface area contributed by atoms with Gasteiger partial charge in [-0.3, -0.25) is 0 Å². The van der Waals surface area contributed by atoms with E-state index in [0.717, 1.165) is 22.5 Å². The zero-order chi connectivity index (χ0) is 12.3. The van der Waals surface area contributed by atoms with E-state index in [1.165, 1.54) is 0 Å². The summed E-state index contributed by atoms with van der Waals surface area (Å²) >= 11 is 1.55. The fraction of sp³-hybridized carbons (Fsp3) is 0.333. The first-order valence-corrected chi connectivity index (χ1v) is 6.38. The summed E-state index contributed by atoms with van der Waals surface area (Å²) in [5, 5.41) is 9.89. The molecule has 0 bridgehead atoms. The minimum Gasteiger partial charge on any atom is -0.396 e. The molecule has 5 heteroatoms. The molecule has 1 heterocycles. The molecule has 1 atom stereocenters. The van der Waals surface area contributed by atoms with E-state index in [1.807, 2.05) is 31.2 Å². The number of aliphatic hydroxyl groups excluding tert-OH is 1. The number of rotatable bonds is 4. The van der Waals surface area contributed by atoms with Crippen LogP contribution in [0, 0.1) is 0 Å². The summed E-state index contributed by atoms with van der Waals surface area (Å²) in [6.07, 6.45) is 0.721. The molecular formula is C12H15N3OS. The lowest BCUT2D eigenvalue weighted by molar-refractivity contribution is 0.289. The number of aliphatic hydroxyl groups is 1. The molecule has 1 unspecified atom stereocenters. The molecule has 0 saturated carbocycles. The van der Waals surface area contributed by atoms with Gasteiger partial charge in [0.15, 0.2) is 5.82 Å². The number of thioether (sulfide) groups is 1. The Morgan fingerprint density at radius 1 is 1.29 bits per heavy atom. The third-order valence-electron chi connectivity index (χ3n) is 2.41. The third kappa shape index (κ3) is 2.87. The van der Waals surface area contributed by atoms with Crippen LogP contribution in [-0.2, 0) is 0 Å². The molecule has 0 aliphatic rings. The zero-order valence-corrected chi connectivity index (χ0v) is 10.4. The molecule has 0 amide bonds. The molecule has 0 fully saturated rings. The number of nitrogens with two attached hydrogens (primary N) is 1. The first-order valence-electron chi connectivity index (χ1n) is 5.50. The molecule has 1 aromatic heterocycles. The smallest absolute Gasteiger partial charge is 0.156 e. The Morgan fingerprint density at radius 2 is 1.94 bits per heavy atom. The van der Waals surface area contributed by atoms with Gasteiger partial charge in [0.25, 0.3) is 0 Å². The van der Waals surface area contributed by atoms with E-state index in [2.05, 4.69) is 9.97 Å². The van der Waals surface area contributed by atoms with E-state index in [1.54, 1.807) is 11.8 Å². The molecule has 0 aliphatic carbocycles. The fourth-order valence-corrected chi connectivity index (χ4v) is 2.44. The van der Waals surface area contributed by atoms with E-state index in [4.69, 9.17) is 10.8 Å². The number of nitrogens with zero attached hydrogens (tertiary/aromatic N) is 2. The van der Waals surface area contributed by atoms with Crippen LogP contribution in [0.5, 0.6) is 0 Å².